The maximum Gasteiger partial charge on any atom is 0.481 e. The van der Waals surface area contributed by atoms with E-state index in [0.717, 1.165) is 0 Å². The zero-order chi connectivity index (χ0) is 59.0. The maximum absolute atomic E-state index is 12.1. The third-order valence-corrected chi connectivity index (χ3v) is 20.2. The fourth-order valence-electron chi connectivity index (χ4n) is 7.30. The first kappa shape index (κ1) is 79.8. The van der Waals surface area contributed by atoms with Crippen molar-refractivity contribution in [1.29, 1.82) is 0 Å². The molecule has 27 nitrogen and oxygen atoms in total. The van der Waals surface area contributed by atoms with Crippen LogP contribution in [0.25, 0.3) is 0 Å². The van der Waals surface area contributed by atoms with Gasteiger partial charge in [-0.2, -0.15) is 12.9 Å². The van der Waals surface area contributed by atoms with Gasteiger partial charge < -0.3 is 58.8 Å². The Morgan fingerprint density at radius 3 is 0.360 bits per heavy atom. The van der Waals surface area contributed by atoms with Crippen molar-refractivity contribution < 1.29 is 96.8 Å². The van der Waals surface area contributed by atoms with Crippen LogP contribution in [0.4, 0.5) is 0 Å². The molecule has 0 spiro atoms. The number of nitrogens with zero attached hydrogens (tertiary/aromatic N) is 6. The molecule has 0 bridgehead atoms. The molecule has 1 aliphatic carbocycles. The fraction of sp³-hybridized carbons (Fsp3) is 1.00. The number of hydrogen-bond donors (Lipinski definition) is 6. The first-order valence-corrected chi connectivity index (χ1v) is 35.3. The van der Waals surface area contributed by atoms with Gasteiger partial charge in [0, 0.05) is 0 Å². The molecule has 6 unspecified atom stereocenters. The summed E-state index contributed by atoms with van der Waals surface area (Å²) in [6.45, 7) is 60.8. The van der Waals surface area contributed by atoms with Crippen LogP contribution in [0.1, 0.15) is 125 Å². The Morgan fingerprint density at radius 1 is 0.227 bits per heavy atom. The van der Waals surface area contributed by atoms with E-state index in [-0.39, 0.29) is 0 Å². The minimum Gasteiger partial charge on any atom is -0.304 e. The molecule has 3 saturated heterocycles. The number of fused-ring (bicyclic) bond motifs is 6. The van der Waals surface area contributed by atoms with Crippen LogP contribution < -0.4 is 0 Å². The summed E-state index contributed by atoms with van der Waals surface area (Å²) in [6, 6.07) is 0. The van der Waals surface area contributed by atoms with E-state index in [2.05, 4.69) is 194 Å². The molecule has 4 aliphatic rings. The van der Waals surface area contributed by atoms with E-state index in [0.29, 0.717) is 0 Å². The van der Waals surface area contributed by atoms with E-state index in [4.69, 9.17) is 0 Å². The van der Waals surface area contributed by atoms with E-state index in [1.165, 1.54) is 118 Å². The minimum absolute atomic E-state index is 1.19. The van der Waals surface area contributed by atoms with Gasteiger partial charge in [0.05, 0.1) is 0 Å². The van der Waals surface area contributed by atoms with E-state index < -0.39 is 83.6 Å². The number of rotatable bonds is 18. The SMILES string of the molecule is CCN(CC)CC.CCN(CC)CC.CCN(CC)CC.CCN(CC)CC.CCN(CC)CC.CCN(CC)CC.O=P1(O)OC2C3OP(=O)(O)OP(=O)(O)OC3C3OP(=O)(O)OP(=O)(O)OC3C2OP(=O)(O)O1. The Kier molecular flexibility index (Phi) is 43.3. The number of phosphoric ester groups is 6. The molecule has 3 aliphatic heterocycles. The standard InChI is InChI=1S/6C6H15N.C6H12O21P6/c6*1-4-7(5-2)6-3;7-28(8)19-1-2(20-29(9,10)25-28)4-6(24-33(17,18)27-32(15,16)23-4)5-3(1)21-30(11,12)26-31(13,14)22-5/h6*4-6H2,1-3H3;1-6H,(H,7,8)(H,9,10)(H,11,12)(H,13,14)(H,15,16)(H,17,18). The Balaban J connectivity index is -0.000000998. The van der Waals surface area contributed by atoms with Crippen molar-refractivity contribution in [2.45, 2.75) is 161 Å². The van der Waals surface area contributed by atoms with Crippen molar-refractivity contribution in [1.82, 2.24) is 29.4 Å². The molecule has 0 radical (unpaired) electrons. The monoisotopic (exact) mass is 1210 g/mol. The predicted octanol–water partition coefficient (Wildman–Crippen LogP) is 8.09. The molecular weight excluding hydrogens is 1110 g/mol. The van der Waals surface area contributed by atoms with Crippen LogP contribution in [0.2, 0.25) is 0 Å². The summed E-state index contributed by atoms with van der Waals surface area (Å²) in [5.41, 5.74) is 0. The molecular formula is C42H102N6O21P6. The third-order valence-electron chi connectivity index (χ3n) is 12.1. The van der Waals surface area contributed by atoms with Crippen LogP contribution in [0.3, 0.4) is 0 Å². The smallest absolute Gasteiger partial charge is 0.304 e. The highest BCUT2D eigenvalue weighted by atomic mass is 31.3. The lowest BCUT2D eigenvalue weighted by Gasteiger charge is -2.45. The van der Waals surface area contributed by atoms with Crippen LogP contribution in [0.5, 0.6) is 0 Å². The zero-order valence-corrected chi connectivity index (χ0v) is 53.7. The van der Waals surface area contributed by atoms with Gasteiger partial charge in [0.25, 0.3) is 0 Å². The Labute approximate surface area is 450 Å². The van der Waals surface area contributed by atoms with Gasteiger partial charge >= 0.3 is 46.9 Å². The van der Waals surface area contributed by atoms with Gasteiger partial charge in [-0.1, -0.05) is 125 Å². The lowest BCUT2D eigenvalue weighted by atomic mass is 9.85. The molecule has 6 atom stereocenters. The highest BCUT2D eigenvalue weighted by molar-refractivity contribution is 7.62. The molecule has 75 heavy (non-hydrogen) atoms. The summed E-state index contributed by atoms with van der Waals surface area (Å²) in [7, 11) is -33.5. The summed E-state index contributed by atoms with van der Waals surface area (Å²) in [5, 5.41) is 0. The Hall–Kier alpha value is 0.540. The minimum atomic E-state index is -5.59. The van der Waals surface area contributed by atoms with E-state index >= 15 is 0 Å². The summed E-state index contributed by atoms with van der Waals surface area (Å²) >= 11 is 0. The molecule has 456 valence electrons. The van der Waals surface area contributed by atoms with Crippen molar-refractivity contribution in [2.75, 3.05) is 118 Å². The molecule has 3 heterocycles. The molecule has 0 aromatic rings. The van der Waals surface area contributed by atoms with Crippen molar-refractivity contribution in [3.05, 3.63) is 0 Å². The van der Waals surface area contributed by atoms with Gasteiger partial charge in [0.1, 0.15) is 36.6 Å². The maximum atomic E-state index is 12.1. The second kappa shape index (κ2) is 40.7. The van der Waals surface area contributed by atoms with Crippen LogP contribution in [0, 0.1) is 0 Å². The highest BCUT2D eigenvalue weighted by Gasteiger charge is 2.68. The molecule has 6 N–H and O–H groups in total. The second-order valence-electron chi connectivity index (χ2n) is 16.2. The van der Waals surface area contributed by atoms with E-state index in [1.807, 2.05) is 0 Å². The average molecular weight is 1210 g/mol. The van der Waals surface area contributed by atoms with Crippen LogP contribution in [-0.4, -0.2) is 213 Å². The van der Waals surface area contributed by atoms with Crippen LogP contribution in [0.15, 0.2) is 0 Å². The molecule has 4 rings (SSSR count). The molecule has 4 fully saturated rings. The molecule has 1 saturated carbocycles. The van der Waals surface area contributed by atoms with Crippen LogP contribution >= 0.6 is 46.9 Å². The molecule has 33 heteroatoms. The molecule has 0 aromatic carbocycles. The average Bonchev–Trinajstić information content (AvgIpc) is 3.57. The number of hydrogen-bond acceptors (Lipinski definition) is 21. The third kappa shape index (κ3) is 33.3. The van der Waals surface area contributed by atoms with Crippen molar-refractivity contribution >= 4 is 46.9 Å². The highest BCUT2D eigenvalue weighted by Crippen LogP contribution is 2.72. The van der Waals surface area contributed by atoms with E-state index in [9.17, 15) is 56.8 Å². The molecule has 0 aromatic heterocycles. The number of phosphoric acid groups is 6. The topological polar surface area (TPSA) is 326 Å². The Morgan fingerprint density at radius 2 is 0.307 bits per heavy atom. The van der Waals surface area contributed by atoms with Gasteiger partial charge in [-0.25, -0.2) is 27.4 Å². The van der Waals surface area contributed by atoms with Gasteiger partial charge in [0.15, 0.2) is 0 Å². The van der Waals surface area contributed by atoms with Gasteiger partial charge in [-0.3, -0.25) is 27.1 Å². The van der Waals surface area contributed by atoms with E-state index in [1.54, 1.807) is 0 Å². The first-order chi connectivity index (χ1) is 34.8. The van der Waals surface area contributed by atoms with Gasteiger partial charge in [-0.15, -0.1) is 0 Å². The predicted molar refractivity (Wildman–Crippen MR) is 292 cm³/mol. The molecule has 0 amide bonds. The summed E-state index contributed by atoms with van der Waals surface area (Å²) < 4.78 is 112. The lowest BCUT2D eigenvalue weighted by Crippen LogP contribution is -2.65. The fourth-order valence-corrected chi connectivity index (χ4v) is 14.6. The normalized spacial score (nSPS) is 33.0. The lowest BCUT2D eigenvalue weighted by molar-refractivity contribution is -0.185. The summed E-state index contributed by atoms with van der Waals surface area (Å²) in [6.07, 6.45) is -14.4. The van der Waals surface area contributed by atoms with Crippen molar-refractivity contribution in [2.24, 2.45) is 0 Å². The summed E-state index contributed by atoms with van der Waals surface area (Å²) in [4.78, 5) is 72.5. The Bertz CT molecular complexity index is 1410. The summed E-state index contributed by atoms with van der Waals surface area (Å²) in [5.74, 6) is 0. The van der Waals surface area contributed by atoms with Crippen molar-refractivity contribution in [3.63, 3.8) is 0 Å². The largest absolute Gasteiger partial charge is 0.481 e. The zero-order valence-electron chi connectivity index (χ0n) is 48.4. The first-order valence-electron chi connectivity index (χ1n) is 26.3. The van der Waals surface area contributed by atoms with Gasteiger partial charge in [0.2, 0.25) is 0 Å². The van der Waals surface area contributed by atoms with Crippen molar-refractivity contribution in [3.8, 4) is 0 Å². The van der Waals surface area contributed by atoms with Gasteiger partial charge in [-0.05, 0) is 118 Å². The van der Waals surface area contributed by atoms with Crippen LogP contribution in [-0.2, 0) is 67.5 Å². The quantitative estimate of drug-likeness (QED) is 0.0706. The second-order valence-corrected chi connectivity index (χ2v) is 25.0.